The number of nitrogens with one attached hydrogen (secondary N) is 3. The van der Waals surface area contributed by atoms with E-state index < -0.39 is 0 Å². The Bertz CT molecular complexity index is 1790. The lowest BCUT2D eigenvalue weighted by Crippen LogP contribution is -2.28. The molecular weight excluding hydrogens is 716 g/mol. The number of likely N-dealkylation sites (tertiary alicyclic amines) is 1. The van der Waals surface area contributed by atoms with Gasteiger partial charge in [-0.15, -0.1) is 0 Å². The number of ether oxygens (including phenoxy) is 2. The molecule has 1 unspecified atom stereocenters. The quantitative estimate of drug-likeness (QED) is 0.0595. The molecule has 4 N–H and O–H groups in total. The minimum absolute atomic E-state index is 0.00718. The van der Waals surface area contributed by atoms with Gasteiger partial charge in [-0.2, -0.15) is 5.26 Å². The van der Waals surface area contributed by atoms with Crippen LogP contribution in [0.5, 0.6) is 11.5 Å². The van der Waals surface area contributed by atoms with E-state index in [1.54, 1.807) is 24.4 Å². The van der Waals surface area contributed by atoms with Gasteiger partial charge in [0.25, 0.3) is 0 Å². The molecule has 0 amide bonds. The molecule has 0 bridgehead atoms. The molecule has 1 saturated heterocycles. The van der Waals surface area contributed by atoms with Crippen molar-refractivity contribution >= 4 is 39.4 Å². The van der Waals surface area contributed by atoms with E-state index in [0.29, 0.717) is 28.6 Å². The number of rotatable bonds is 18. The van der Waals surface area contributed by atoms with Crippen LogP contribution in [-0.2, 0) is 19.8 Å². The molecule has 1 atom stereocenters. The number of hydrogen-bond donors (Lipinski definition) is 4. The molecule has 262 valence electrons. The number of nitriles is 1. The fourth-order valence-electron chi connectivity index (χ4n) is 5.95. The molecule has 5 rings (SSSR count). The third kappa shape index (κ3) is 10.1. The van der Waals surface area contributed by atoms with Crippen LogP contribution >= 0.6 is 27.5 Å². The Morgan fingerprint density at radius 2 is 1.82 bits per heavy atom. The zero-order chi connectivity index (χ0) is 35.3. The molecule has 0 aliphatic carbocycles. The second-order valence-electron chi connectivity index (χ2n) is 12.5. The molecule has 9 nitrogen and oxygen atoms in total. The molecule has 1 aliphatic heterocycles. The maximum absolute atomic E-state index is 9.51. The number of hydrogen-bond acceptors (Lipinski definition) is 9. The summed E-state index contributed by atoms with van der Waals surface area (Å²) in [7, 11) is 0. The third-order valence-corrected chi connectivity index (χ3v) is 10.00. The highest BCUT2D eigenvalue weighted by atomic mass is 79.9. The predicted molar refractivity (Wildman–Crippen MR) is 203 cm³/mol. The van der Waals surface area contributed by atoms with E-state index >= 15 is 0 Å². The van der Waals surface area contributed by atoms with Gasteiger partial charge in [-0.1, -0.05) is 41.9 Å². The monoisotopic (exact) mass is 758 g/mol. The number of anilines is 1. The van der Waals surface area contributed by atoms with E-state index in [0.717, 1.165) is 69.5 Å². The molecule has 3 aromatic carbocycles. The van der Waals surface area contributed by atoms with Crippen LogP contribution in [0, 0.1) is 16.7 Å². The summed E-state index contributed by atoms with van der Waals surface area (Å²) in [6.07, 6.45) is 9.46. The van der Waals surface area contributed by atoms with Gasteiger partial charge in [-0.05, 0) is 97.5 Å². The normalized spacial score (nSPS) is 13.5. The molecule has 0 spiro atoms. The molecule has 1 aromatic heterocycles. The van der Waals surface area contributed by atoms with Crippen LogP contribution in [0.4, 0.5) is 5.69 Å². The summed E-state index contributed by atoms with van der Waals surface area (Å²) in [4.78, 5) is 6.67. The van der Waals surface area contributed by atoms with Crippen LogP contribution < -0.4 is 20.1 Å². The van der Waals surface area contributed by atoms with Crippen LogP contribution in [0.2, 0.25) is 5.02 Å². The molecule has 11 heteroatoms. The highest BCUT2D eigenvalue weighted by Crippen LogP contribution is 2.38. The first-order valence-electron chi connectivity index (χ1n) is 17.0. The zero-order valence-corrected chi connectivity index (χ0v) is 30.7. The number of aromatic nitrogens is 1. The number of halogens is 2. The number of pyridine rings is 1. The largest absolute Gasteiger partial charge is 0.488 e. The number of unbranched alkanes of at least 4 members (excludes halogenated alkanes) is 1. The van der Waals surface area contributed by atoms with Crippen LogP contribution in [0.25, 0.3) is 11.1 Å². The average Bonchev–Trinajstić information content (AvgIpc) is 3.67. The van der Waals surface area contributed by atoms with Crippen molar-refractivity contribution in [3.8, 4) is 28.7 Å². The SMILES string of the molecule is CC(CO)NCc1cc(Cl)c(OCc2cccc(-c3cccc(NCCCCN4CCCC4)c3C=N)c2Br)cc1OCc1cncc(C#N)c1. The van der Waals surface area contributed by atoms with Crippen LogP contribution in [-0.4, -0.2) is 60.0 Å². The lowest BCUT2D eigenvalue weighted by atomic mass is 9.97. The average molecular weight is 760 g/mol. The Balaban J connectivity index is 1.30. The Morgan fingerprint density at radius 1 is 1.04 bits per heavy atom. The Kier molecular flexibility index (Phi) is 14.1. The highest BCUT2D eigenvalue weighted by Gasteiger charge is 2.17. The Hall–Kier alpha value is -3.98. The van der Waals surface area contributed by atoms with Gasteiger partial charge in [-0.3, -0.25) is 4.98 Å². The first-order valence-corrected chi connectivity index (χ1v) is 18.2. The van der Waals surface area contributed by atoms with Crippen molar-refractivity contribution in [2.45, 2.75) is 58.4 Å². The fourth-order valence-corrected chi connectivity index (χ4v) is 6.78. The van der Waals surface area contributed by atoms with E-state index in [1.165, 1.54) is 38.3 Å². The summed E-state index contributed by atoms with van der Waals surface area (Å²) in [5.41, 5.74) is 6.63. The lowest BCUT2D eigenvalue weighted by Gasteiger charge is -2.19. The van der Waals surface area contributed by atoms with Gasteiger partial charge in [-0.25, -0.2) is 0 Å². The molecule has 2 heterocycles. The fraction of sp³-hybridized carbons (Fsp3) is 0.359. The van der Waals surface area contributed by atoms with E-state index in [1.807, 2.05) is 43.3 Å². The number of benzene rings is 3. The molecule has 0 radical (unpaired) electrons. The van der Waals surface area contributed by atoms with Crippen LogP contribution in [0.1, 0.15) is 60.4 Å². The van der Waals surface area contributed by atoms with Crippen molar-refractivity contribution in [1.82, 2.24) is 15.2 Å². The molecule has 0 saturated carbocycles. The molecule has 1 aliphatic rings. The summed E-state index contributed by atoms with van der Waals surface area (Å²) < 4.78 is 13.4. The Labute approximate surface area is 308 Å². The van der Waals surface area contributed by atoms with Gasteiger partial charge in [0.1, 0.15) is 30.8 Å². The summed E-state index contributed by atoms with van der Waals surface area (Å²) in [6.45, 7) is 7.19. The third-order valence-electron chi connectivity index (χ3n) is 8.77. The molecular formula is C39H44BrClN6O3. The minimum atomic E-state index is -0.118. The van der Waals surface area contributed by atoms with Gasteiger partial charge in [0.15, 0.2) is 0 Å². The van der Waals surface area contributed by atoms with Gasteiger partial charge < -0.3 is 35.5 Å². The van der Waals surface area contributed by atoms with E-state index in [4.69, 9.17) is 26.5 Å². The highest BCUT2D eigenvalue weighted by molar-refractivity contribution is 9.10. The van der Waals surface area contributed by atoms with Crippen molar-refractivity contribution in [3.63, 3.8) is 0 Å². The number of aliphatic hydroxyl groups excluding tert-OH is 1. The number of nitrogens with zero attached hydrogens (tertiary/aromatic N) is 3. The zero-order valence-electron chi connectivity index (χ0n) is 28.4. The minimum Gasteiger partial charge on any atom is -0.488 e. The van der Waals surface area contributed by atoms with Crippen LogP contribution in [0.3, 0.4) is 0 Å². The maximum atomic E-state index is 9.51. The summed E-state index contributed by atoms with van der Waals surface area (Å²) in [6, 6.07) is 19.4. The topological polar surface area (TPSA) is 127 Å². The lowest BCUT2D eigenvalue weighted by molar-refractivity contribution is 0.249. The van der Waals surface area contributed by atoms with Crippen molar-refractivity contribution in [3.05, 3.63) is 104 Å². The molecule has 4 aromatic rings. The van der Waals surface area contributed by atoms with E-state index in [9.17, 15) is 10.4 Å². The van der Waals surface area contributed by atoms with E-state index in [-0.39, 0.29) is 25.9 Å². The predicted octanol–water partition coefficient (Wildman–Crippen LogP) is 7.95. The second-order valence-corrected chi connectivity index (χ2v) is 13.7. The first-order chi connectivity index (χ1) is 24.4. The van der Waals surface area contributed by atoms with Gasteiger partial charge >= 0.3 is 0 Å². The summed E-state index contributed by atoms with van der Waals surface area (Å²) >= 11 is 10.6. The van der Waals surface area contributed by atoms with Gasteiger partial charge in [0, 0.05) is 76.2 Å². The molecule has 50 heavy (non-hydrogen) atoms. The summed E-state index contributed by atoms with van der Waals surface area (Å²) in [5.74, 6) is 1.02. The van der Waals surface area contributed by atoms with Crippen molar-refractivity contribution < 1.29 is 14.6 Å². The standard InChI is InChI=1S/C39H44BrClN6O3/c1-27(24-48)46-23-31-17-35(41)38(18-37(31)49-25-29-16-28(19-42)21-44-22-29)50-26-30-8-6-10-33(39(30)40)32-9-7-11-36(34(32)20-43)45-12-2-3-13-47-14-4-5-15-47/h6-11,16-18,20-22,27,43,45-46,48H,2-5,12-15,23-26H2,1H3. The second kappa shape index (κ2) is 18.9. The number of aliphatic hydroxyl groups is 1. The molecule has 1 fully saturated rings. The van der Waals surface area contributed by atoms with E-state index in [2.05, 4.69) is 42.5 Å². The van der Waals surface area contributed by atoms with Crippen molar-refractivity contribution in [2.24, 2.45) is 0 Å². The van der Waals surface area contributed by atoms with Crippen LogP contribution in [0.15, 0.2) is 71.5 Å². The maximum Gasteiger partial charge on any atom is 0.142 e. The summed E-state index contributed by atoms with van der Waals surface area (Å²) in [5, 5.41) is 34.3. The first kappa shape index (κ1) is 37.3. The van der Waals surface area contributed by atoms with Crippen molar-refractivity contribution in [2.75, 3.05) is 38.1 Å². The van der Waals surface area contributed by atoms with Crippen molar-refractivity contribution in [1.29, 1.82) is 10.7 Å². The van der Waals surface area contributed by atoms with Gasteiger partial charge in [0.2, 0.25) is 0 Å². The van der Waals surface area contributed by atoms with Gasteiger partial charge in [0.05, 0.1) is 17.2 Å². The Morgan fingerprint density at radius 3 is 2.60 bits per heavy atom. The smallest absolute Gasteiger partial charge is 0.142 e.